The SMILES string of the molecule is Cc1ccc(Cl)cc1NC(=O)[C@@H](C)OC(=O)CN1CCCC1=O. The molecule has 0 spiro atoms. The summed E-state index contributed by atoms with van der Waals surface area (Å²) in [6, 6.07) is 5.14. The van der Waals surface area contributed by atoms with Crippen LogP contribution in [0.5, 0.6) is 0 Å². The van der Waals surface area contributed by atoms with E-state index in [4.69, 9.17) is 16.3 Å². The smallest absolute Gasteiger partial charge is 0.326 e. The van der Waals surface area contributed by atoms with Gasteiger partial charge in [-0.25, -0.2) is 0 Å². The van der Waals surface area contributed by atoms with Crippen molar-refractivity contribution in [2.45, 2.75) is 32.8 Å². The highest BCUT2D eigenvalue weighted by Gasteiger charge is 2.25. The molecule has 124 valence electrons. The lowest BCUT2D eigenvalue weighted by Crippen LogP contribution is -2.36. The zero-order valence-electron chi connectivity index (χ0n) is 13.1. The number of nitrogens with one attached hydrogen (secondary N) is 1. The number of ether oxygens (including phenoxy) is 1. The fourth-order valence-electron chi connectivity index (χ4n) is 2.28. The van der Waals surface area contributed by atoms with Crippen molar-refractivity contribution in [2.75, 3.05) is 18.4 Å². The van der Waals surface area contributed by atoms with Gasteiger partial charge in [0.25, 0.3) is 5.91 Å². The molecular formula is C16H19ClN2O4. The molecule has 7 heteroatoms. The minimum absolute atomic E-state index is 0.0615. The second kappa shape index (κ2) is 7.46. The van der Waals surface area contributed by atoms with Crippen LogP contribution in [0.15, 0.2) is 18.2 Å². The van der Waals surface area contributed by atoms with Crippen molar-refractivity contribution >= 4 is 35.1 Å². The van der Waals surface area contributed by atoms with Crippen LogP contribution < -0.4 is 5.32 Å². The Balaban J connectivity index is 1.88. The Labute approximate surface area is 139 Å². The number of amides is 2. The highest BCUT2D eigenvalue weighted by molar-refractivity contribution is 6.31. The summed E-state index contributed by atoms with van der Waals surface area (Å²) in [7, 11) is 0. The number of carbonyl (C=O) groups excluding carboxylic acids is 3. The second-order valence-corrected chi connectivity index (χ2v) is 5.94. The molecular weight excluding hydrogens is 320 g/mol. The van der Waals surface area contributed by atoms with Crippen molar-refractivity contribution in [3.05, 3.63) is 28.8 Å². The fourth-order valence-corrected chi connectivity index (χ4v) is 2.45. The topological polar surface area (TPSA) is 75.7 Å². The maximum atomic E-state index is 12.1. The highest BCUT2D eigenvalue weighted by Crippen LogP contribution is 2.20. The molecule has 1 aromatic rings. The predicted molar refractivity (Wildman–Crippen MR) is 86.2 cm³/mol. The van der Waals surface area contributed by atoms with Gasteiger partial charge in [0, 0.05) is 23.7 Å². The molecule has 2 amide bonds. The Bertz CT molecular complexity index is 633. The normalized spacial score (nSPS) is 15.4. The number of likely N-dealkylation sites (tertiary alicyclic amines) is 1. The van der Waals surface area contributed by atoms with E-state index < -0.39 is 18.0 Å². The van der Waals surface area contributed by atoms with Gasteiger partial charge in [0.15, 0.2) is 6.10 Å². The number of halogens is 1. The van der Waals surface area contributed by atoms with Gasteiger partial charge in [-0.1, -0.05) is 17.7 Å². The van der Waals surface area contributed by atoms with E-state index in [9.17, 15) is 14.4 Å². The molecule has 0 radical (unpaired) electrons. The molecule has 1 aromatic carbocycles. The van der Waals surface area contributed by atoms with Crippen LogP contribution in [0.4, 0.5) is 5.69 Å². The fraction of sp³-hybridized carbons (Fsp3) is 0.438. The van der Waals surface area contributed by atoms with E-state index in [1.54, 1.807) is 18.2 Å². The van der Waals surface area contributed by atoms with E-state index in [1.165, 1.54) is 11.8 Å². The first-order valence-electron chi connectivity index (χ1n) is 7.41. The largest absolute Gasteiger partial charge is 0.451 e. The van der Waals surface area contributed by atoms with Gasteiger partial charge in [-0.2, -0.15) is 0 Å². The van der Waals surface area contributed by atoms with Gasteiger partial charge < -0.3 is 15.0 Å². The maximum Gasteiger partial charge on any atom is 0.326 e. The number of rotatable bonds is 5. The van der Waals surface area contributed by atoms with E-state index in [0.29, 0.717) is 23.7 Å². The molecule has 1 aliphatic heterocycles. The van der Waals surface area contributed by atoms with Gasteiger partial charge in [0.2, 0.25) is 5.91 Å². The predicted octanol–water partition coefficient (Wildman–Crippen LogP) is 2.14. The van der Waals surface area contributed by atoms with E-state index in [0.717, 1.165) is 12.0 Å². The zero-order valence-corrected chi connectivity index (χ0v) is 13.9. The zero-order chi connectivity index (χ0) is 17.0. The number of carbonyl (C=O) groups is 3. The third-order valence-corrected chi connectivity index (χ3v) is 3.86. The third-order valence-electron chi connectivity index (χ3n) is 3.63. The van der Waals surface area contributed by atoms with E-state index in [1.807, 2.05) is 6.92 Å². The third kappa shape index (κ3) is 4.69. The molecule has 1 fully saturated rings. The summed E-state index contributed by atoms with van der Waals surface area (Å²) in [5.41, 5.74) is 1.42. The summed E-state index contributed by atoms with van der Waals surface area (Å²) in [6.07, 6.45) is 0.242. The summed E-state index contributed by atoms with van der Waals surface area (Å²) < 4.78 is 5.09. The maximum absolute atomic E-state index is 12.1. The Morgan fingerprint density at radius 1 is 1.43 bits per heavy atom. The lowest BCUT2D eigenvalue weighted by Gasteiger charge is -2.18. The van der Waals surface area contributed by atoms with Crippen LogP contribution in [-0.4, -0.2) is 41.9 Å². The van der Waals surface area contributed by atoms with Gasteiger partial charge in [-0.05, 0) is 38.0 Å². The van der Waals surface area contributed by atoms with Crippen LogP contribution in [0.25, 0.3) is 0 Å². The molecule has 0 aliphatic carbocycles. The summed E-state index contributed by atoms with van der Waals surface area (Å²) in [6.45, 7) is 3.75. The summed E-state index contributed by atoms with van der Waals surface area (Å²) in [4.78, 5) is 36.8. The summed E-state index contributed by atoms with van der Waals surface area (Å²) in [5, 5.41) is 3.18. The quantitative estimate of drug-likeness (QED) is 0.835. The number of aryl methyl sites for hydroxylation is 1. The Hall–Kier alpha value is -2.08. The molecule has 23 heavy (non-hydrogen) atoms. The van der Waals surface area contributed by atoms with Gasteiger partial charge in [-0.3, -0.25) is 14.4 Å². The van der Waals surface area contributed by atoms with Gasteiger partial charge in [-0.15, -0.1) is 0 Å². The highest BCUT2D eigenvalue weighted by atomic mass is 35.5. The first kappa shape index (κ1) is 17.3. The van der Waals surface area contributed by atoms with Crippen molar-refractivity contribution in [1.29, 1.82) is 0 Å². The van der Waals surface area contributed by atoms with Gasteiger partial charge in [0.1, 0.15) is 6.54 Å². The first-order chi connectivity index (χ1) is 10.9. The van der Waals surface area contributed by atoms with Gasteiger partial charge >= 0.3 is 5.97 Å². The number of esters is 1. The molecule has 1 N–H and O–H groups in total. The van der Waals surface area contributed by atoms with Crippen molar-refractivity contribution in [3.8, 4) is 0 Å². The molecule has 1 heterocycles. The Morgan fingerprint density at radius 2 is 2.17 bits per heavy atom. The first-order valence-corrected chi connectivity index (χ1v) is 7.79. The van der Waals surface area contributed by atoms with Crippen LogP contribution in [0.3, 0.4) is 0 Å². The molecule has 1 saturated heterocycles. The lowest BCUT2D eigenvalue weighted by molar-refractivity contribution is -0.155. The van der Waals surface area contributed by atoms with Crippen LogP contribution in [0.2, 0.25) is 5.02 Å². The second-order valence-electron chi connectivity index (χ2n) is 5.50. The molecule has 1 aliphatic rings. The van der Waals surface area contributed by atoms with Crippen molar-refractivity contribution in [2.24, 2.45) is 0 Å². The van der Waals surface area contributed by atoms with E-state index >= 15 is 0 Å². The lowest BCUT2D eigenvalue weighted by atomic mass is 10.2. The van der Waals surface area contributed by atoms with Crippen molar-refractivity contribution < 1.29 is 19.1 Å². The molecule has 6 nitrogen and oxygen atoms in total. The Morgan fingerprint density at radius 3 is 2.83 bits per heavy atom. The van der Waals surface area contributed by atoms with Gasteiger partial charge in [0.05, 0.1) is 0 Å². The van der Waals surface area contributed by atoms with Crippen LogP contribution in [0, 0.1) is 6.92 Å². The number of nitrogens with zero attached hydrogens (tertiary/aromatic N) is 1. The summed E-state index contributed by atoms with van der Waals surface area (Å²) >= 11 is 5.90. The number of hydrogen-bond acceptors (Lipinski definition) is 4. The molecule has 0 unspecified atom stereocenters. The minimum atomic E-state index is -0.960. The number of benzene rings is 1. The average molecular weight is 339 g/mol. The van der Waals surface area contributed by atoms with E-state index in [-0.39, 0.29) is 12.5 Å². The van der Waals surface area contributed by atoms with Crippen LogP contribution >= 0.6 is 11.6 Å². The standard InChI is InChI=1S/C16H19ClN2O4/c1-10-5-6-12(17)8-13(10)18-16(22)11(2)23-15(21)9-19-7-3-4-14(19)20/h5-6,8,11H,3-4,7,9H2,1-2H3,(H,18,22)/t11-/m1/s1. The average Bonchev–Trinajstić information content (AvgIpc) is 2.88. The minimum Gasteiger partial charge on any atom is -0.451 e. The number of hydrogen-bond donors (Lipinski definition) is 1. The van der Waals surface area contributed by atoms with Crippen LogP contribution in [-0.2, 0) is 19.1 Å². The van der Waals surface area contributed by atoms with Crippen LogP contribution in [0.1, 0.15) is 25.3 Å². The molecule has 0 aromatic heterocycles. The van der Waals surface area contributed by atoms with Crippen molar-refractivity contribution in [3.63, 3.8) is 0 Å². The number of anilines is 1. The molecule has 0 bridgehead atoms. The molecule has 1 atom stereocenters. The summed E-state index contributed by atoms with van der Waals surface area (Å²) in [5.74, 6) is -1.10. The van der Waals surface area contributed by atoms with E-state index in [2.05, 4.69) is 5.32 Å². The van der Waals surface area contributed by atoms with Crippen molar-refractivity contribution in [1.82, 2.24) is 4.90 Å². The Kier molecular flexibility index (Phi) is 5.60. The molecule has 0 saturated carbocycles. The molecule has 2 rings (SSSR count). The monoisotopic (exact) mass is 338 g/mol.